The van der Waals surface area contributed by atoms with Gasteiger partial charge < -0.3 is 5.11 Å². The summed E-state index contributed by atoms with van der Waals surface area (Å²) in [5.74, 6) is -1.19. The zero-order valence-electron chi connectivity index (χ0n) is 18.9. The van der Waals surface area contributed by atoms with Crippen LogP contribution in [0.1, 0.15) is 43.4 Å². The molecule has 2 aliphatic rings. The first-order valence-corrected chi connectivity index (χ1v) is 11.4. The average Bonchev–Trinajstić information content (AvgIpc) is 3.41. The minimum atomic E-state index is -5.06. The number of halogens is 4. The molecule has 3 aromatic rings. The number of nitrogens with one attached hydrogen (secondary N) is 1. The summed E-state index contributed by atoms with van der Waals surface area (Å²) in [6.07, 6.45) is 0.935. The predicted octanol–water partition coefficient (Wildman–Crippen LogP) is 4.55. The molecule has 0 saturated carbocycles. The highest BCUT2D eigenvalue weighted by Gasteiger charge is 2.61. The zero-order valence-corrected chi connectivity index (χ0v) is 18.9. The Bertz CT molecular complexity index is 1280. The summed E-state index contributed by atoms with van der Waals surface area (Å²) < 4.78 is 58.4. The van der Waals surface area contributed by atoms with Gasteiger partial charge in [-0.1, -0.05) is 30.7 Å². The maximum Gasteiger partial charge on any atom is 0.425 e. The molecule has 1 aliphatic carbocycles. The molecule has 0 bridgehead atoms. The van der Waals surface area contributed by atoms with Crippen LogP contribution in [0.4, 0.5) is 17.6 Å². The fourth-order valence-electron chi connectivity index (χ4n) is 4.94. The topological polar surface area (TPSA) is 70.4 Å². The van der Waals surface area contributed by atoms with E-state index in [2.05, 4.69) is 10.5 Å². The van der Waals surface area contributed by atoms with E-state index in [1.807, 2.05) is 5.01 Å². The lowest BCUT2D eigenvalue weighted by Gasteiger charge is -2.28. The Kier molecular flexibility index (Phi) is 5.68. The number of hydrogen-bond donors (Lipinski definition) is 2. The van der Waals surface area contributed by atoms with Crippen LogP contribution in [0.3, 0.4) is 0 Å². The molecule has 1 aliphatic heterocycles. The van der Waals surface area contributed by atoms with Gasteiger partial charge in [-0.05, 0) is 48.6 Å². The monoisotopic (exact) mass is 488 g/mol. The smallest absolute Gasteiger partial charge is 0.372 e. The van der Waals surface area contributed by atoms with E-state index in [9.17, 15) is 27.5 Å². The average molecular weight is 488 g/mol. The van der Waals surface area contributed by atoms with E-state index in [1.165, 1.54) is 35.3 Å². The third-order valence-electron chi connectivity index (χ3n) is 6.80. The first-order valence-electron chi connectivity index (χ1n) is 11.4. The highest BCUT2D eigenvalue weighted by atomic mass is 19.4. The number of aromatic nitrogens is 2. The second kappa shape index (κ2) is 8.46. The molecule has 1 saturated heterocycles. The van der Waals surface area contributed by atoms with Crippen molar-refractivity contribution < 1.29 is 27.5 Å². The molecule has 1 aromatic heterocycles. The number of hydrazine groups is 1. The largest absolute Gasteiger partial charge is 0.425 e. The van der Waals surface area contributed by atoms with Gasteiger partial charge in [0.25, 0.3) is 5.91 Å². The molecule has 2 N–H and O–H groups in total. The maximum atomic E-state index is 14.6. The van der Waals surface area contributed by atoms with Crippen LogP contribution in [0.5, 0.6) is 0 Å². The van der Waals surface area contributed by atoms with Gasteiger partial charge >= 0.3 is 6.18 Å². The standard InChI is InChI=1S/C25H24F4N4O2/c1-15(23(34)31-32-9-5-2-6-10-32)33-14-16(13-30-33)19-11-17(26)12-21-22(19)18-7-3-4-8-20(18)24(21,35)25(27,28)29/h3-4,7-8,11-15,35H,2,5-6,9-10H2,1H3,(H,31,34). The number of piperidine rings is 1. The first kappa shape index (κ1) is 23.5. The molecule has 2 unspecified atom stereocenters. The van der Waals surface area contributed by atoms with Gasteiger partial charge in [-0.25, -0.2) is 9.40 Å². The van der Waals surface area contributed by atoms with E-state index in [4.69, 9.17) is 0 Å². The van der Waals surface area contributed by atoms with Crippen LogP contribution in [0.2, 0.25) is 0 Å². The molecular weight excluding hydrogens is 464 g/mol. The second-order valence-corrected chi connectivity index (χ2v) is 9.04. The Balaban J connectivity index is 1.54. The summed E-state index contributed by atoms with van der Waals surface area (Å²) in [6.45, 7) is 3.18. The fourth-order valence-corrected chi connectivity index (χ4v) is 4.94. The van der Waals surface area contributed by atoms with E-state index < -0.39 is 29.2 Å². The van der Waals surface area contributed by atoms with Crippen molar-refractivity contribution in [1.29, 1.82) is 0 Å². The van der Waals surface area contributed by atoms with Gasteiger partial charge in [-0.2, -0.15) is 18.3 Å². The normalized spacial score (nSPS) is 20.9. The van der Waals surface area contributed by atoms with Gasteiger partial charge in [0.2, 0.25) is 5.60 Å². The van der Waals surface area contributed by atoms with Crippen LogP contribution in [0.25, 0.3) is 22.3 Å². The van der Waals surface area contributed by atoms with Crippen LogP contribution in [-0.4, -0.2) is 45.1 Å². The second-order valence-electron chi connectivity index (χ2n) is 9.04. The number of benzene rings is 2. The van der Waals surface area contributed by atoms with Crippen molar-refractivity contribution in [3.05, 3.63) is 65.7 Å². The number of fused-ring (bicyclic) bond motifs is 3. The highest BCUT2D eigenvalue weighted by Crippen LogP contribution is 2.57. The zero-order chi connectivity index (χ0) is 25.0. The molecule has 0 radical (unpaired) electrons. The summed E-state index contributed by atoms with van der Waals surface area (Å²) >= 11 is 0. The molecule has 6 nitrogen and oxygen atoms in total. The third kappa shape index (κ3) is 3.81. The van der Waals surface area contributed by atoms with E-state index >= 15 is 0 Å². The lowest BCUT2D eigenvalue weighted by molar-refractivity contribution is -0.246. The fraction of sp³-hybridized carbons (Fsp3) is 0.360. The van der Waals surface area contributed by atoms with Crippen molar-refractivity contribution in [1.82, 2.24) is 20.2 Å². The molecule has 0 spiro atoms. The number of carbonyl (C=O) groups is 1. The lowest BCUT2D eigenvalue weighted by atomic mass is 9.89. The van der Waals surface area contributed by atoms with E-state index in [-0.39, 0.29) is 28.2 Å². The Morgan fingerprint density at radius 2 is 1.83 bits per heavy atom. The molecule has 2 atom stereocenters. The SMILES string of the molecule is CC(C(=O)NN1CCCCC1)n1cc(-c2cc(F)cc3c2-c2ccccc2C3(O)C(F)(F)F)cn1. The van der Waals surface area contributed by atoms with E-state index in [0.29, 0.717) is 5.56 Å². The van der Waals surface area contributed by atoms with Crippen LogP contribution in [0.15, 0.2) is 48.8 Å². The van der Waals surface area contributed by atoms with Gasteiger partial charge in [0.05, 0.1) is 6.20 Å². The van der Waals surface area contributed by atoms with Crippen molar-refractivity contribution >= 4 is 5.91 Å². The molecule has 184 valence electrons. The molecule has 1 amide bonds. The molecule has 2 heterocycles. The number of amides is 1. The number of rotatable bonds is 4. The molecule has 35 heavy (non-hydrogen) atoms. The minimum Gasteiger partial charge on any atom is -0.372 e. The quantitative estimate of drug-likeness (QED) is 0.529. The van der Waals surface area contributed by atoms with Crippen LogP contribution < -0.4 is 5.43 Å². The van der Waals surface area contributed by atoms with Crippen LogP contribution in [0, 0.1) is 5.82 Å². The van der Waals surface area contributed by atoms with Crippen molar-refractivity contribution in [3.8, 4) is 22.3 Å². The summed E-state index contributed by atoms with van der Waals surface area (Å²) in [5, 5.41) is 17.0. The Labute approximate surface area is 199 Å². The summed E-state index contributed by atoms with van der Waals surface area (Å²) in [7, 11) is 0. The maximum absolute atomic E-state index is 14.6. The number of alkyl halides is 3. The number of carbonyl (C=O) groups excluding carboxylic acids is 1. The Morgan fingerprint density at radius 1 is 1.11 bits per heavy atom. The summed E-state index contributed by atoms with van der Waals surface area (Å²) in [6, 6.07) is 6.78. The molecule has 2 aromatic carbocycles. The Hall–Kier alpha value is -3.24. The van der Waals surface area contributed by atoms with Gasteiger partial charge in [0, 0.05) is 36.0 Å². The number of nitrogens with zero attached hydrogens (tertiary/aromatic N) is 3. The van der Waals surface area contributed by atoms with Gasteiger partial charge in [0.1, 0.15) is 11.9 Å². The number of aliphatic hydroxyl groups is 1. The van der Waals surface area contributed by atoms with Crippen molar-refractivity contribution in [3.63, 3.8) is 0 Å². The van der Waals surface area contributed by atoms with Crippen molar-refractivity contribution in [2.75, 3.05) is 13.1 Å². The molecule has 5 rings (SSSR count). The lowest BCUT2D eigenvalue weighted by Crippen LogP contribution is -2.47. The van der Waals surface area contributed by atoms with Crippen molar-refractivity contribution in [2.24, 2.45) is 0 Å². The van der Waals surface area contributed by atoms with Crippen LogP contribution in [-0.2, 0) is 10.4 Å². The highest BCUT2D eigenvalue weighted by molar-refractivity contribution is 5.92. The van der Waals surface area contributed by atoms with E-state index in [1.54, 1.807) is 13.0 Å². The van der Waals surface area contributed by atoms with E-state index in [0.717, 1.165) is 44.5 Å². The van der Waals surface area contributed by atoms with Gasteiger partial charge in [0.15, 0.2) is 0 Å². The minimum absolute atomic E-state index is 0.0896. The first-order chi connectivity index (χ1) is 16.6. The van der Waals surface area contributed by atoms with Gasteiger partial charge in [-0.15, -0.1) is 0 Å². The van der Waals surface area contributed by atoms with Crippen molar-refractivity contribution in [2.45, 2.75) is 44.0 Å². The summed E-state index contributed by atoms with van der Waals surface area (Å²) in [5.41, 5.74) is -0.638. The molecule has 10 heteroatoms. The molecule has 1 fully saturated rings. The third-order valence-corrected chi connectivity index (χ3v) is 6.80. The van der Waals surface area contributed by atoms with Gasteiger partial charge in [-0.3, -0.25) is 14.9 Å². The van der Waals surface area contributed by atoms with Crippen LogP contribution >= 0.6 is 0 Å². The summed E-state index contributed by atoms with van der Waals surface area (Å²) in [4.78, 5) is 12.7. The predicted molar refractivity (Wildman–Crippen MR) is 120 cm³/mol. The number of hydrogen-bond acceptors (Lipinski definition) is 4. The Morgan fingerprint density at radius 3 is 2.54 bits per heavy atom. The molecular formula is C25H24F4N4O2.